The minimum atomic E-state index is -3.76. The van der Waals surface area contributed by atoms with Crippen molar-refractivity contribution >= 4 is 44.7 Å². The molecule has 208 valence electrons. The van der Waals surface area contributed by atoms with Gasteiger partial charge in [0, 0.05) is 32.9 Å². The Hall–Kier alpha value is -2.86. The first-order chi connectivity index (χ1) is 18.6. The molecule has 1 aliphatic carbocycles. The lowest BCUT2D eigenvalue weighted by molar-refractivity contribution is -0.134. The molecule has 0 spiro atoms. The van der Waals surface area contributed by atoms with Crippen LogP contribution < -0.4 is 4.74 Å². The maximum Gasteiger partial charge on any atom is 0.233 e. The lowest BCUT2D eigenvalue weighted by Crippen LogP contribution is -2.39. The Morgan fingerprint density at radius 3 is 2.44 bits per heavy atom. The second-order valence-corrected chi connectivity index (χ2v) is 13.5. The van der Waals surface area contributed by atoms with Crippen molar-refractivity contribution in [3.63, 3.8) is 0 Å². The van der Waals surface area contributed by atoms with Gasteiger partial charge in [0.05, 0.1) is 19.1 Å². The summed E-state index contributed by atoms with van der Waals surface area (Å²) in [7, 11) is 0.505. The zero-order chi connectivity index (χ0) is 28.2. The minimum absolute atomic E-state index is 0.0306. The highest BCUT2D eigenvalue weighted by molar-refractivity contribution is 7.89. The number of sulfonamides is 1. The number of aryl methyl sites for hydroxylation is 1. The van der Waals surface area contributed by atoms with Gasteiger partial charge in [0.15, 0.2) is 5.78 Å². The summed E-state index contributed by atoms with van der Waals surface area (Å²) in [6, 6.07) is 13.7. The standard InChI is InChI=1S/C27H31ClN4O5S2/c1-31(2)39(35,36)18-21(33)24-25(28)38-23(30-24)17-32(15-7-10-19-8-5-4-6-9-19)26(34)27(13-14-27)20-11-12-22(37-3)29-16-20/h4-6,8-9,11-12,16H,7,10,13-15,17-18H2,1-3H3. The van der Waals surface area contributed by atoms with Gasteiger partial charge in [-0.2, -0.15) is 0 Å². The van der Waals surface area contributed by atoms with Crippen LogP contribution in [0.2, 0.25) is 4.34 Å². The molecule has 1 saturated carbocycles. The van der Waals surface area contributed by atoms with E-state index in [1.165, 1.54) is 19.7 Å². The van der Waals surface area contributed by atoms with E-state index in [0.29, 0.717) is 30.3 Å². The number of ketones is 1. The maximum atomic E-state index is 14.0. The van der Waals surface area contributed by atoms with Gasteiger partial charge in [0.25, 0.3) is 0 Å². The predicted octanol–water partition coefficient (Wildman–Crippen LogP) is 3.97. The van der Waals surface area contributed by atoms with Gasteiger partial charge < -0.3 is 9.64 Å². The molecule has 2 heterocycles. The number of carbonyl (C=O) groups is 2. The largest absolute Gasteiger partial charge is 0.481 e. The third-order valence-electron chi connectivity index (χ3n) is 6.77. The summed E-state index contributed by atoms with van der Waals surface area (Å²) in [4.78, 5) is 37.1. The number of methoxy groups -OCH3 is 1. The number of nitrogens with zero attached hydrogens (tertiary/aromatic N) is 4. The normalized spacial score (nSPS) is 14.3. The topological polar surface area (TPSA) is 110 Å². The molecule has 0 bridgehead atoms. The third-order valence-corrected chi connectivity index (χ3v) is 9.75. The van der Waals surface area contributed by atoms with E-state index in [4.69, 9.17) is 16.3 Å². The second kappa shape index (κ2) is 12.1. The summed E-state index contributed by atoms with van der Waals surface area (Å²) < 4.78 is 30.7. The summed E-state index contributed by atoms with van der Waals surface area (Å²) in [6.07, 6.45) is 4.64. The number of thiazole rings is 1. The first-order valence-corrected chi connectivity index (χ1v) is 15.3. The highest BCUT2D eigenvalue weighted by atomic mass is 35.5. The third kappa shape index (κ3) is 6.84. The molecule has 0 aliphatic heterocycles. The monoisotopic (exact) mass is 590 g/mol. The Morgan fingerprint density at radius 2 is 1.85 bits per heavy atom. The first kappa shape index (κ1) is 29.1. The van der Waals surface area contributed by atoms with Gasteiger partial charge in [0.2, 0.25) is 21.8 Å². The van der Waals surface area contributed by atoms with Gasteiger partial charge >= 0.3 is 0 Å². The lowest BCUT2D eigenvalue weighted by atomic mass is 9.95. The molecule has 4 rings (SSSR count). The minimum Gasteiger partial charge on any atom is -0.481 e. The number of Topliss-reactive ketones (excluding diaryl/α,β-unsaturated/α-hetero) is 1. The van der Waals surface area contributed by atoms with Gasteiger partial charge in [-0.3, -0.25) is 9.59 Å². The summed E-state index contributed by atoms with van der Waals surface area (Å²) in [6.45, 7) is 0.644. The molecule has 1 aliphatic rings. The fourth-order valence-electron chi connectivity index (χ4n) is 4.32. The number of pyridine rings is 1. The van der Waals surface area contributed by atoms with E-state index in [9.17, 15) is 18.0 Å². The molecule has 1 aromatic carbocycles. The maximum absolute atomic E-state index is 14.0. The Bertz CT molecular complexity index is 1420. The van der Waals surface area contributed by atoms with E-state index in [-0.39, 0.29) is 22.5 Å². The van der Waals surface area contributed by atoms with Crippen LogP contribution in [-0.4, -0.2) is 72.8 Å². The van der Waals surface area contributed by atoms with E-state index in [2.05, 4.69) is 22.1 Å². The number of hydrogen-bond donors (Lipinski definition) is 0. The molecular formula is C27H31ClN4O5S2. The van der Waals surface area contributed by atoms with Gasteiger partial charge in [-0.25, -0.2) is 22.7 Å². The van der Waals surface area contributed by atoms with Crippen molar-refractivity contribution in [2.75, 3.05) is 33.5 Å². The van der Waals surface area contributed by atoms with Crippen LogP contribution in [-0.2, 0) is 33.2 Å². The highest BCUT2D eigenvalue weighted by Gasteiger charge is 2.53. The van der Waals surface area contributed by atoms with E-state index in [0.717, 1.165) is 34.0 Å². The van der Waals surface area contributed by atoms with Crippen molar-refractivity contribution in [1.82, 2.24) is 19.2 Å². The molecule has 3 aromatic rings. The molecule has 2 aromatic heterocycles. The summed E-state index contributed by atoms with van der Waals surface area (Å²) >= 11 is 7.41. The molecule has 0 radical (unpaired) electrons. The zero-order valence-electron chi connectivity index (χ0n) is 22.1. The Morgan fingerprint density at radius 1 is 1.13 bits per heavy atom. The van der Waals surface area contributed by atoms with Crippen LogP contribution in [0.3, 0.4) is 0 Å². The van der Waals surface area contributed by atoms with Gasteiger partial charge in [0.1, 0.15) is 20.8 Å². The summed E-state index contributed by atoms with van der Waals surface area (Å²) in [5, 5.41) is 0.474. The smallest absolute Gasteiger partial charge is 0.233 e. The number of halogens is 1. The molecular weight excluding hydrogens is 560 g/mol. The number of hydrogen-bond acceptors (Lipinski definition) is 8. The molecule has 9 nitrogen and oxygen atoms in total. The quantitative estimate of drug-likeness (QED) is 0.277. The SMILES string of the molecule is COc1ccc(C2(C(=O)N(CCCc3ccccc3)Cc3nc(C(=O)CS(=O)(=O)N(C)C)c(Cl)s3)CC2)cn1. The van der Waals surface area contributed by atoms with Crippen LogP contribution in [0.5, 0.6) is 5.88 Å². The molecule has 39 heavy (non-hydrogen) atoms. The second-order valence-electron chi connectivity index (χ2n) is 9.68. The van der Waals surface area contributed by atoms with E-state index >= 15 is 0 Å². The van der Waals surface area contributed by atoms with Crippen LogP contribution in [0.1, 0.15) is 45.9 Å². The van der Waals surface area contributed by atoms with Crippen LogP contribution in [0.25, 0.3) is 0 Å². The molecule has 0 atom stereocenters. The fraction of sp³-hybridized carbons (Fsp3) is 0.407. The Balaban J connectivity index is 1.55. The average Bonchev–Trinajstić information content (AvgIpc) is 3.64. The van der Waals surface area contributed by atoms with Gasteiger partial charge in [-0.1, -0.05) is 48.0 Å². The molecule has 0 saturated heterocycles. The zero-order valence-corrected chi connectivity index (χ0v) is 24.5. The van der Waals surface area contributed by atoms with Crippen molar-refractivity contribution in [2.45, 2.75) is 37.6 Å². The number of benzene rings is 1. The van der Waals surface area contributed by atoms with Gasteiger partial charge in [-0.05, 0) is 36.8 Å². The first-order valence-electron chi connectivity index (χ1n) is 12.5. The van der Waals surface area contributed by atoms with E-state index in [1.807, 2.05) is 24.3 Å². The average molecular weight is 591 g/mol. The summed E-state index contributed by atoms with van der Waals surface area (Å²) in [5.41, 5.74) is 1.27. The van der Waals surface area contributed by atoms with Crippen molar-refractivity contribution in [1.29, 1.82) is 0 Å². The van der Waals surface area contributed by atoms with Gasteiger partial charge in [-0.15, -0.1) is 11.3 Å². The number of aromatic nitrogens is 2. The van der Waals surface area contributed by atoms with Crippen LogP contribution in [0, 0.1) is 0 Å². The Labute approximate surface area is 237 Å². The number of ether oxygens (including phenoxy) is 1. The van der Waals surface area contributed by atoms with E-state index < -0.39 is 27.0 Å². The van der Waals surface area contributed by atoms with Crippen LogP contribution >= 0.6 is 22.9 Å². The van der Waals surface area contributed by atoms with Crippen molar-refractivity contribution < 1.29 is 22.7 Å². The molecule has 1 amide bonds. The number of amides is 1. The molecule has 12 heteroatoms. The summed E-state index contributed by atoms with van der Waals surface area (Å²) in [5.74, 6) is -0.957. The van der Waals surface area contributed by atoms with Crippen LogP contribution in [0.15, 0.2) is 48.7 Å². The fourth-order valence-corrected chi connectivity index (χ4v) is 6.28. The Kier molecular flexibility index (Phi) is 9.05. The predicted molar refractivity (Wildman–Crippen MR) is 151 cm³/mol. The lowest BCUT2D eigenvalue weighted by Gasteiger charge is -2.27. The molecule has 0 unspecified atom stereocenters. The van der Waals surface area contributed by atoms with Crippen molar-refractivity contribution in [3.05, 3.63) is 74.8 Å². The van der Waals surface area contributed by atoms with E-state index in [1.54, 1.807) is 24.3 Å². The molecule has 1 fully saturated rings. The number of rotatable bonds is 13. The van der Waals surface area contributed by atoms with Crippen molar-refractivity contribution in [3.8, 4) is 5.88 Å². The highest BCUT2D eigenvalue weighted by Crippen LogP contribution is 2.50. The van der Waals surface area contributed by atoms with Crippen LogP contribution in [0.4, 0.5) is 0 Å². The molecule has 0 N–H and O–H groups in total. The van der Waals surface area contributed by atoms with Crippen molar-refractivity contribution in [2.24, 2.45) is 0 Å². The number of carbonyl (C=O) groups excluding carboxylic acids is 2.